The van der Waals surface area contributed by atoms with Crippen LogP contribution in [0.4, 0.5) is 8.78 Å². The summed E-state index contributed by atoms with van der Waals surface area (Å²) in [5.41, 5.74) is 1.58. The van der Waals surface area contributed by atoms with Gasteiger partial charge < -0.3 is 0 Å². The minimum absolute atomic E-state index is 0.0315. The van der Waals surface area contributed by atoms with Gasteiger partial charge in [0, 0.05) is 23.9 Å². The number of hydrogen-bond acceptors (Lipinski definition) is 2. The van der Waals surface area contributed by atoms with Gasteiger partial charge in [-0.2, -0.15) is 0 Å². The fourth-order valence-corrected chi connectivity index (χ4v) is 1.71. The molecule has 0 aliphatic heterocycles. The first-order chi connectivity index (χ1) is 8.58. The number of benzene rings is 1. The molecular weight excluding hydrogens is 236 g/mol. The van der Waals surface area contributed by atoms with Crippen molar-refractivity contribution >= 4 is 5.78 Å². The fraction of sp³-hybridized carbons (Fsp3) is 0.143. The monoisotopic (exact) mass is 247 g/mol. The van der Waals surface area contributed by atoms with Crippen LogP contribution in [0, 0.1) is 18.6 Å². The Bertz CT molecular complexity index is 596. The SMILES string of the molecule is Cc1ncccc1C(=O)Cc1ccc(F)c(F)c1. The summed E-state index contributed by atoms with van der Waals surface area (Å²) in [7, 11) is 0. The first kappa shape index (κ1) is 12.4. The number of aromatic nitrogens is 1. The molecule has 0 fully saturated rings. The molecule has 0 amide bonds. The smallest absolute Gasteiger partial charge is 0.169 e. The van der Waals surface area contributed by atoms with Crippen LogP contribution in [0.15, 0.2) is 36.5 Å². The molecule has 0 aliphatic carbocycles. The number of halogens is 2. The molecule has 0 spiro atoms. The van der Waals surface area contributed by atoms with Gasteiger partial charge in [-0.05, 0) is 36.8 Å². The van der Waals surface area contributed by atoms with Gasteiger partial charge in [0.15, 0.2) is 17.4 Å². The lowest BCUT2D eigenvalue weighted by Gasteiger charge is -2.04. The third kappa shape index (κ3) is 2.59. The van der Waals surface area contributed by atoms with Crippen molar-refractivity contribution in [3.8, 4) is 0 Å². The molecular formula is C14H11F2NO. The topological polar surface area (TPSA) is 30.0 Å². The first-order valence-corrected chi connectivity index (χ1v) is 5.46. The molecule has 2 nitrogen and oxygen atoms in total. The average Bonchev–Trinajstić information content (AvgIpc) is 2.34. The Morgan fingerprint density at radius 1 is 1.22 bits per heavy atom. The van der Waals surface area contributed by atoms with E-state index in [1.54, 1.807) is 25.3 Å². The number of hydrogen-bond donors (Lipinski definition) is 0. The maximum atomic E-state index is 13.0. The predicted molar refractivity (Wildman–Crippen MR) is 63.4 cm³/mol. The van der Waals surface area contributed by atoms with Crippen molar-refractivity contribution in [3.63, 3.8) is 0 Å². The Morgan fingerprint density at radius 3 is 2.67 bits per heavy atom. The van der Waals surface area contributed by atoms with Gasteiger partial charge in [-0.15, -0.1) is 0 Å². The number of ketones is 1. The number of rotatable bonds is 3. The molecule has 0 saturated carbocycles. The Morgan fingerprint density at radius 2 is 2.00 bits per heavy atom. The number of nitrogens with zero attached hydrogens (tertiary/aromatic N) is 1. The molecule has 4 heteroatoms. The highest BCUT2D eigenvalue weighted by Gasteiger charge is 2.11. The van der Waals surface area contributed by atoms with Crippen LogP contribution in [0.2, 0.25) is 0 Å². The maximum Gasteiger partial charge on any atom is 0.169 e. The molecule has 0 atom stereocenters. The summed E-state index contributed by atoms with van der Waals surface area (Å²) in [5.74, 6) is -2.02. The van der Waals surface area contributed by atoms with Crippen molar-refractivity contribution in [1.29, 1.82) is 0 Å². The van der Waals surface area contributed by atoms with E-state index in [4.69, 9.17) is 0 Å². The van der Waals surface area contributed by atoms with Gasteiger partial charge in [-0.3, -0.25) is 9.78 Å². The Balaban J connectivity index is 2.22. The van der Waals surface area contributed by atoms with Crippen LogP contribution in [0.3, 0.4) is 0 Å². The van der Waals surface area contributed by atoms with E-state index in [9.17, 15) is 13.6 Å². The van der Waals surface area contributed by atoms with E-state index in [2.05, 4.69) is 4.98 Å². The summed E-state index contributed by atoms with van der Waals surface area (Å²) in [5, 5.41) is 0. The standard InChI is InChI=1S/C14H11F2NO/c1-9-11(3-2-6-17-9)14(18)8-10-4-5-12(15)13(16)7-10/h2-7H,8H2,1H3. The van der Waals surface area contributed by atoms with Crippen LogP contribution in [-0.2, 0) is 6.42 Å². The quantitative estimate of drug-likeness (QED) is 0.780. The van der Waals surface area contributed by atoms with Crippen LogP contribution >= 0.6 is 0 Å². The predicted octanol–water partition coefficient (Wildman–Crippen LogP) is 3.09. The number of carbonyl (C=O) groups excluding carboxylic acids is 1. The van der Waals surface area contributed by atoms with Gasteiger partial charge in [-0.1, -0.05) is 6.07 Å². The zero-order valence-corrected chi connectivity index (χ0v) is 9.78. The third-order valence-corrected chi connectivity index (χ3v) is 2.66. The lowest BCUT2D eigenvalue weighted by molar-refractivity contribution is 0.0992. The zero-order valence-electron chi connectivity index (χ0n) is 9.78. The van der Waals surface area contributed by atoms with Gasteiger partial charge in [0.2, 0.25) is 0 Å². The molecule has 0 N–H and O–H groups in total. The first-order valence-electron chi connectivity index (χ1n) is 5.46. The molecule has 1 aromatic carbocycles. The Kier molecular flexibility index (Phi) is 3.46. The summed E-state index contributed by atoms with van der Waals surface area (Å²) in [4.78, 5) is 16.0. The van der Waals surface area contributed by atoms with Crippen molar-refractivity contribution in [2.24, 2.45) is 0 Å². The van der Waals surface area contributed by atoms with Crippen molar-refractivity contribution in [1.82, 2.24) is 4.98 Å². The van der Waals surface area contributed by atoms with Crippen molar-refractivity contribution in [3.05, 3.63) is 65.0 Å². The van der Waals surface area contributed by atoms with E-state index < -0.39 is 11.6 Å². The van der Waals surface area contributed by atoms with Gasteiger partial charge in [0.1, 0.15) is 0 Å². The number of carbonyl (C=O) groups is 1. The van der Waals surface area contributed by atoms with E-state index >= 15 is 0 Å². The molecule has 92 valence electrons. The van der Waals surface area contributed by atoms with Crippen molar-refractivity contribution < 1.29 is 13.6 Å². The molecule has 0 unspecified atom stereocenters. The van der Waals surface area contributed by atoms with Crippen LogP contribution in [-0.4, -0.2) is 10.8 Å². The number of Topliss-reactive ketones (excluding diaryl/α,β-unsaturated/α-hetero) is 1. The van der Waals surface area contributed by atoms with E-state index in [-0.39, 0.29) is 12.2 Å². The van der Waals surface area contributed by atoms with Crippen LogP contribution < -0.4 is 0 Å². The summed E-state index contributed by atoms with van der Waals surface area (Å²) >= 11 is 0. The second kappa shape index (κ2) is 5.04. The molecule has 2 aromatic rings. The highest BCUT2D eigenvalue weighted by molar-refractivity contribution is 5.98. The summed E-state index contributed by atoms with van der Waals surface area (Å²) in [6.07, 6.45) is 1.63. The van der Waals surface area contributed by atoms with Gasteiger partial charge in [-0.25, -0.2) is 8.78 Å². The Labute approximate surface area is 103 Å². The van der Waals surface area contributed by atoms with Crippen molar-refractivity contribution in [2.75, 3.05) is 0 Å². The molecule has 0 radical (unpaired) electrons. The van der Waals surface area contributed by atoms with E-state index in [0.29, 0.717) is 16.8 Å². The fourth-order valence-electron chi connectivity index (χ4n) is 1.71. The third-order valence-electron chi connectivity index (χ3n) is 2.66. The van der Waals surface area contributed by atoms with Crippen LogP contribution in [0.5, 0.6) is 0 Å². The molecule has 1 heterocycles. The normalized spacial score (nSPS) is 10.4. The van der Waals surface area contributed by atoms with E-state index in [0.717, 1.165) is 12.1 Å². The molecule has 1 aromatic heterocycles. The van der Waals surface area contributed by atoms with Gasteiger partial charge >= 0.3 is 0 Å². The average molecular weight is 247 g/mol. The van der Waals surface area contributed by atoms with E-state index in [1.165, 1.54) is 6.07 Å². The minimum atomic E-state index is -0.941. The molecule has 2 rings (SSSR count). The largest absolute Gasteiger partial charge is 0.294 e. The van der Waals surface area contributed by atoms with Crippen LogP contribution in [0.1, 0.15) is 21.6 Å². The lowest BCUT2D eigenvalue weighted by atomic mass is 10.0. The highest BCUT2D eigenvalue weighted by Crippen LogP contribution is 2.13. The molecule has 18 heavy (non-hydrogen) atoms. The molecule has 0 saturated heterocycles. The van der Waals surface area contributed by atoms with Crippen molar-refractivity contribution in [2.45, 2.75) is 13.3 Å². The maximum absolute atomic E-state index is 13.0. The lowest BCUT2D eigenvalue weighted by Crippen LogP contribution is -2.07. The number of pyridine rings is 1. The van der Waals surface area contributed by atoms with Gasteiger partial charge in [0.05, 0.1) is 0 Å². The van der Waals surface area contributed by atoms with Crippen LogP contribution in [0.25, 0.3) is 0 Å². The second-order valence-electron chi connectivity index (χ2n) is 3.98. The summed E-state index contributed by atoms with van der Waals surface area (Å²) in [6.45, 7) is 1.73. The van der Waals surface area contributed by atoms with Gasteiger partial charge in [0.25, 0.3) is 0 Å². The van der Waals surface area contributed by atoms with E-state index in [1.807, 2.05) is 0 Å². The Hall–Kier alpha value is -2.10. The highest BCUT2D eigenvalue weighted by atomic mass is 19.2. The summed E-state index contributed by atoms with van der Waals surface area (Å²) < 4.78 is 25.8. The zero-order chi connectivity index (χ0) is 13.1. The molecule has 0 aliphatic rings. The minimum Gasteiger partial charge on any atom is -0.294 e. The second-order valence-corrected chi connectivity index (χ2v) is 3.98. The molecule has 0 bridgehead atoms. The number of aryl methyl sites for hydroxylation is 1. The summed E-state index contributed by atoms with van der Waals surface area (Å²) in [6, 6.07) is 6.81.